The minimum Gasteiger partial charge on any atom is -0.347 e. The zero-order valence-electron chi connectivity index (χ0n) is 17.5. The molecule has 0 aromatic heterocycles. The number of hydrogen-bond donors (Lipinski definition) is 1. The zero-order chi connectivity index (χ0) is 22.0. The zero-order valence-corrected chi connectivity index (χ0v) is 17.5. The lowest BCUT2D eigenvalue weighted by Crippen LogP contribution is -2.41. The number of likely N-dealkylation sites (tertiary alicyclic amines) is 1. The molecule has 0 radical (unpaired) electrons. The fourth-order valence-corrected chi connectivity index (χ4v) is 4.27. The van der Waals surface area contributed by atoms with Gasteiger partial charge in [-0.15, -0.1) is 0 Å². The molecule has 31 heavy (non-hydrogen) atoms. The van der Waals surface area contributed by atoms with Gasteiger partial charge < -0.3 is 15.1 Å². The first-order chi connectivity index (χ1) is 14.9. The summed E-state index contributed by atoms with van der Waals surface area (Å²) in [7, 11) is 0. The molecule has 2 heterocycles. The highest BCUT2D eigenvalue weighted by molar-refractivity contribution is 6.00. The third-order valence-corrected chi connectivity index (χ3v) is 5.98. The second kappa shape index (κ2) is 8.88. The average Bonchev–Trinajstić information content (AvgIpc) is 3.33. The molecular formula is C24H26FN3O3. The van der Waals surface area contributed by atoms with Gasteiger partial charge in [0.25, 0.3) is 0 Å². The van der Waals surface area contributed by atoms with E-state index in [1.165, 1.54) is 11.0 Å². The maximum atomic E-state index is 14.4. The second-order valence-corrected chi connectivity index (χ2v) is 8.28. The van der Waals surface area contributed by atoms with Crippen LogP contribution in [0.25, 0.3) is 0 Å². The number of halogens is 1. The van der Waals surface area contributed by atoms with Crippen LogP contribution in [0.1, 0.15) is 36.4 Å². The Morgan fingerprint density at radius 3 is 2.61 bits per heavy atom. The van der Waals surface area contributed by atoms with E-state index in [9.17, 15) is 18.8 Å². The van der Waals surface area contributed by atoms with Gasteiger partial charge in [0.2, 0.25) is 17.7 Å². The summed E-state index contributed by atoms with van der Waals surface area (Å²) in [5, 5.41) is 3.03. The van der Waals surface area contributed by atoms with Crippen molar-refractivity contribution >= 4 is 23.4 Å². The van der Waals surface area contributed by atoms with Gasteiger partial charge in [0.05, 0.1) is 17.6 Å². The maximum absolute atomic E-state index is 14.4. The summed E-state index contributed by atoms with van der Waals surface area (Å²) in [5.74, 6) is -1.48. The van der Waals surface area contributed by atoms with Crippen molar-refractivity contribution in [2.24, 2.45) is 5.92 Å². The highest BCUT2D eigenvalue weighted by Gasteiger charge is 2.37. The van der Waals surface area contributed by atoms with E-state index in [4.69, 9.17) is 0 Å². The standard InChI is InChI=1S/C24H26FN3O3/c1-16-9-10-21(19(25)12-16)28-14-18(13-23(28)30)24(31)26-20(17-6-3-2-4-7-17)15-27-11-5-8-22(27)29/h2-4,6-7,9-10,12,18,20H,5,8,11,13-15H2,1H3,(H,26,31). The number of benzene rings is 2. The van der Waals surface area contributed by atoms with Crippen molar-refractivity contribution in [1.82, 2.24) is 10.2 Å². The number of rotatable bonds is 6. The van der Waals surface area contributed by atoms with Gasteiger partial charge in [-0.1, -0.05) is 36.4 Å². The Hall–Kier alpha value is -3.22. The van der Waals surface area contributed by atoms with Gasteiger partial charge in [-0.3, -0.25) is 14.4 Å². The summed E-state index contributed by atoms with van der Waals surface area (Å²) in [6.07, 6.45) is 1.38. The monoisotopic (exact) mass is 423 g/mol. The molecule has 0 spiro atoms. The Labute approximate surface area is 181 Å². The maximum Gasteiger partial charge on any atom is 0.227 e. The molecule has 162 valence electrons. The van der Waals surface area contributed by atoms with Crippen LogP contribution in [0.15, 0.2) is 48.5 Å². The van der Waals surface area contributed by atoms with E-state index in [1.807, 2.05) is 30.3 Å². The predicted octanol–water partition coefficient (Wildman–Crippen LogP) is 2.97. The molecule has 2 aliphatic rings. The quantitative estimate of drug-likeness (QED) is 0.777. The molecule has 3 amide bonds. The van der Waals surface area contributed by atoms with Crippen LogP contribution in [0.4, 0.5) is 10.1 Å². The Morgan fingerprint density at radius 2 is 1.94 bits per heavy atom. The summed E-state index contributed by atoms with van der Waals surface area (Å²) in [6, 6.07) is 13.9. The van der Waals surface area contributed by atoms with Crippen molar-refractivity contribution in [1.29, 1.82) is 0 Å². The smallest absolute Gasteiger partial charge is 0.227 e. The molecule has 4 rings (SSSR count). The lowest BCUT2D eigenvalue weighted by Gasteiger charge is -2.26. The number of nitrogens with one attached hydrogen (secondary N) is 1. The number of amides is 3. The Kier molecular flexibility index (Phi) is 6.02. The topological polar surface area (TPSA) is 69.7 Å². The largest absolute Gasteiger partial charge is 0.347 e. The fourth-order valence-electron chi connectivity index (χ4n) is 4.27. The van der Waals surface area contributed by atoms with E-state index in [1.54, 1.807) is 24.0 Å². The van der Waals surface area contributed by atoms with Crippen LogP contribution in [0.2, 0.25) is 0 Å². The van der Waals surface area contributed by atoms with E-state index >= 15 is 0 Å². The lowest BCUT2D eigenvalue weighted by atomic mass is 10.0. The third-order valence-electron chi connectivity index (χ3n) is 5.98. The Balaban J connectivity index is 1.48. The van der Waals surface area contributed by atoms with Gasteiger partial charge in [0.15, 0.2) is 0 Å². The minimum atomic E-state index is -0.575. The van der Waals surface area contributed by atoms with E-state index in [0.29, 0.717) is 19.5 Å². The molecule has 2 atom stereocenters. The summed E-state index contributed by atoms with van der Waals surface area (Å²) in [4.78, 5) is 40.8. The van der Waals surface area contributed by atoms with Crippen molar-refractivity contribution in [2.75, 3.05) is 24.5 Å². The summed E-state index contributed by atoms with van der Waals surface area (Å²) >= 11 is 0. The predicted molar refractivity (Wildman–Crippen MR) is 115 cm³/mol. The Bertz CT molecular complexity index is 995. The van der Waals surface area contributed by atoms with Crippen molar-refractivity contribution in [3.8, 4) is 0 Å². The van der Waals surface area contributed by atoms with E-state index < -0.39 is 11.7 Å². The van der Waals surface area contributed by atoms with Crippen molar-refractivity contribution in [3.05, 3.63) is 65.5 Å². The summed E-state index contributed by atoms with van der Waals surface area (Å²) in [5.41, 5.74) is 1.87. The molecule has 0 bridgehead atoms. The molecule has 1 N–H and O–H groups in total. The number of anilines is 1. The van der Waals surface area contributed by atoms with Crippen LogP contribution in [0, 0.1) is 18.7 Å². The lowest BCUT2D eigenvalue weighted by molar-refractivity contribution is -0.130. The van der Waals surface area contributed by atoms with Gasteiger partial charge in [0.1, 0.15) is 5.82 Å². The van der Waals surface area contributed by atoms with E-state index in [0.717, 1.165) is 17.5 Å². The molecule has 2 unspecified atom stereocenters. The summed E-state index contributed by atoms with van der Waals surface area (Å²) in [6.45, 7) is 2.99. The van der Waals surface area contributed by atoms with Crippen molar-refractivity contribution in [2.45, 2.75) is 32.2 Å². The minimum absolute atomic E-state index is 0.0311. The molecule has 6 nitrogen and oxygen atoms in total. The molecule has 2 saturated heterocycles. The van der Waals surface area contributed by atoms with Gasteiger partial charge in [0, 0.05) is 32.5 Å². The molecule has 2 aromatic rings. The van der Waals surface area contributed by atoms with Crippen LogP contribution < -0.4 is 10.2 Å². The average molecular weight is 423 g/mol. The number of nitrogens with zero attached hydrogens (tertiary/aromatic N) is 2. The number of hydrogen-bond acceptors (Lipinski definition) is 3. The SMILES string of the molecule is Cc1ccc(N2CC(C(=O)NC(CN3CCCC3=O)c3ccccc3)CC2=O)c(F)c1. The van der Waals surface area contributed by atoms with E-state index in [-0.39, 0.29) is 42.4 Å². The van der Waals surface area contributed by atoms with Crippen LogP contribution in [0.3, 0.4) is 0 Å². The van der Waals surface area contributed by atoms with Crippen molar-refractivity contribution < 1.29 is 18.8 Å². The number of carbonyl (C=O) groups excluding carboxylic acids is 3. The normalized spacial score (nSPS) is 19.7. The molecule has 2 aromatic carbocycles. The van der Waals surface area contributed by atoms with Gasteiger partial charge >= 0.3 is 0 Å². The van der Waals surface area contributed by atoms with E-state index in [2.05, 4.69) is 5.32 Å². The van der Waals surface area contributed by atoms with Crippen LogP contribution in [-0.4, -0.2) is 42.3 Å². The third kappa shape index (κ3) is 4.60. The first-order valence-corrected chi connectivity index (χ1v) is 10.6. The number of aryl methyl sites for hydroxylation is 1. The van der Waals surface area contributed by atoms with Crippen molar-refractivity contribution in [3.63, 3.8) is 0 Å². The second-order valence-electron chi connectivity index (χ2n) is 8.28. The Morgan fingerprint density at radius 1 is 1.16 bits per heavy atom. The van der Waals surface area contributed by atoms with Crippen LogP contribution in [-0.2, 0) is 14.4 Å². The van der Waals surface area contributed by atoms with Gasteiger partial charge in [-0.25, -0.2) is 4.39 Å². The fraction of sp³-hybridized carbons (Fsp3) is 0.375. The van der Waals surface area contributed by atoms with Crippen LogP contribution >= 0.6 is 0 Å². The first kappa shape index (κ1) is 21.0. The molecule has 7 heteroatoms. The highest BCUT2D eigenvalue weighted by atomic mass is 19.1. The molecule has 0 aliphatic carbocycles. The molecule has 2 fully saturated rings. The highest BCUT2D eigenvalue weighted by Crippen LogP contribution is 2.29. The summed E-state index contributed by atoms with van der Waals surface area (Å²) < 4.78 is 14.4. The molecule has 0 saturated carbocycles. The van der Waals surface area contributed by atoms with Crippen LogP contribution in [0.5, 0.6) is 0 Å². The van der Waals surface area contributed by atoms with Gasteiger partial charge in [-0.05, 0) is 36.6 Å². The molecular weight excluding hydrogens is 397 g/mol. The number of carbonyl (C=O) groups is 3. The molecule has 2 aliphatic heterocycles. The first-order valence-electron chi connectivity index (χ1n) is 10.6. The van der Waals surface area contributed by atoms with Gasteiger partial charge in [-0.2, -0.15) is 0 Å².